The number of hydrogen-bond donors (Lipinski definition) is 3. The fourth-order valence-electron chi connectivity index (χ4n) is 4.05. The van der Waals surface area contributed by atoms with Crippen LogP contribution in [0.2, 0.25) is 0 Å². The van der Waals surface area contributed by atoms with Gasteiger partial charge in [-0.15, -0.1) is 0 Å². The van der Waals surface area contributed by atoms with Crippen LogP contribution in [0.15, 0.2) is 63.9 Å². The summed E-state index contributed by atoms with van der Waals surface area (Å²) < 4.78 is 10.2. The molecule has 0 radical (unpaired) electrons. The van der Waals surface area contributed by atoms with E-state index in [0.717, 1.165) is 18.4 Å². The average Bonchev–Trinajstić information content (AvgIpc) is 3.07. The van der Waals surface area contributed by atoms with E-state index in [1.807, 2.05) is 33.8 Å². The van der Waals surface area contributed by atoms with Gasteiger partial charge in [0.25, 0.3) is 11.8 Å². The number of ether oxygens (including phenoxy) is 2. The molecular weight excluding hydrogens is 604 g/mol. The molecule has 0 aromatic heterocycles. The number of azo groups is 1. The second-order valence-electron chi connectivity index (χ2n) is 11.4. The zero-order chi connectivity index (χ0) is 34.8. The SMILES string of the molecule is CCC(C)(CC)NC(=O)c1cccc(C(=O)NN=C(C)CCC(=O)OCCOC(=O)CCC(C)N=NCc2cccc(C(N)=O)c2)c1. The Balaban J connectivity index is 1.64. The van der Waals surface area contributed by atoms with Crippen LogP contribution in [-0.4, -0.2) is 60.2 Å². The molecule has 1 unspecified atom stereocenters. The molecule has 13 nitrogen and oxygen atoms in total. The molecule has 47 heavy (non-hydrogen) atoms. The van der Waals surface area contributed by atoms with Crippen LogP contribution in [0.25, 0.3) is 0 Å². The highest BCUT2D eigenvalue weighted by atomic mass is 16.6. The quantitative estimate of drug-likeness (QED) is 0.0634. The van der Waals surface area contributed by atoms with Gasteiger partial charge in [0.1, 0.15) is 13.2 Å². The van der Waals surface area contributed by atoms with Crippen molar-refractivity contribution in [1.29, 1.82) is 0 Å². The number of esters is 2. The average molecular weight is 651 g/mol. The van der Waals surface area contributed by atoms with Gasteiger partial charge < -0.3 is 20.5 Å². The lowest BCUT2D eigenvalue weighted by molar-refractivity contribution is -0.152. The Bertz CT molecular complexity index is 1450. The second kappa shape index (κ2) is 19.5. The molecule has 2 aromatic rings. The van der Waals surface area contributed by atoms with E-state index in [9.17, 15) is 24.0 Å². The number of carbonyl (C=O) groups excluding carboxylic acids is 5. The van der Waals surface area contributed by atoms with Crippen LogP contribution < -0.4 is 16.5 Å². The summed E-state index contributed by atoms with van der Waals surface area (Å²) in [6, 6.07) is 13.0. The summed E-state index contributed by atoms with van der Waals surface area (Å²) in [5.74, 6) is -2.19. The maximum Gasteiger partial charge on any atom is 0.306 e. The van der Waals surface area contributed by atoms with Crippen molar-refractivity contribution in [1.82, 2.24) is 10.7 Å². The first-order valence-electron chi connectivity index (χ1n) is 15.7. The summed E-state index contributed by atoms with van der Waals surface area (Å²) in [5.41, 5.74) is 9.76. The number of rotatable bonds is 19. The van der Waals surface area contributed by atoms with Gasteiger partial charge in [0, 0.05) is 34.4 Å². The molecule has 0 heterocycles. The van der Waals surface area contributed by atoms with Gasteiger partial charge in [0.05, 0.1) is 19.0 Å². The Hall–Kier alpha value is -4.94. The van der Waals surface area contributed by atoms with Gasteiger partial charge in [0.15, 0.2) is 0 Å². The summed E-state index contributed by atoms with van der Waals surface area (Å²) in [7, 11) is 0. The molecule has 4 N–H and O–H groups in total. The normalized spacial score (nSPS) is 12.3. The van der Waals surface area contributed by atoms with Crippen LogP contribution >= 0.6 is 0 Å². The number of nitrogens with one attached hydrogen (secondary N) is 2. The van der Waals surface area contributed by atoms with Gasteiger partial charge in [0.2, 0.25) is 5.91 Å². The van der Waals surface area contributed by atoms with Crippen LogP contribution in [0.5, 0.6) is 0 Å². The highest BCUT2D eigenvalue weighted by Crippen LogP contribution is 2.15. The lowest BCUT2D eigenvalue weighted by Gasteiger charge is -2.28. The number of hydrogen-bond acceptors (Lipinski definition) is 10. The predicted molar refractivity (Wildman–Crippen MR) is 177 cm³/mol. The van der Waals surface area contributed by atoms with Crippen molar-refractivity contribution in [2.75, 3.05) is 13.2 Å². The fraction of sp³-hybridized carbons (Fsp3) is 0.471. The molecule has 2 aromatic carbocycles. The van der Waals surface area contributed by atoms with Crippen LogP contribution in [0, 0.1) is 0 Å². The predicted octanol–water partition coefficient (Wildman–Crippen LogP) is 4.89. The number of benzene rings is 2. The molecule has 0 bridgehead atoms. The highest BCUT2D eigenvalue weighted by molar-refractivity contribution is 6.00. The van der Waals surface area contributed by atoms with Gasteiger partial charge in [-0.2, -0.15) is 15.3 Å². The molecule has 0 saturated heterocycles. The Morgan fingerprint density at radius 2 is 1.45 bits per heavy atom. The van der Waals surface area contributed by atoms with E-state index in [1.54, 1.807) is 43.3 Å². The monoisotopic (exact) mass is 650 g/mol. The Morgan fingerprint density at radius 3 is 2.09 bits per heavy atom. The van der Waals surface area contributed by atoms with Crippen LogP contribution in [0.3, 0.4) is 0 Å². The van der Waals surface area contributed by atoms with E-state index < -0.39 is 23.8 Å². The number of amides is 3. The summed E-state index contributed by atoms with van der Waals surface area (Å²) in [6.45, 7) is 9.60. The summed E-state index contributed by atoms with van der Waals surface area (Å²) in [6.07, 6.45) is 2.38. The fourth-order valence-corrected chi connectivity index (χ4v) is 4.05. The first-order chi connectivity index (χ1) is 22.4. The smallest absolute Gasteiger partial charge is 0.306 e. The highest BCUT2D eigenvalue weighted by Gasteiger charge is 2.23. The molecule has 0 fully saturated rings. The first-order valence-corrected chi connectivity index (χ1v) is 15.7. The molecule has 0 aliphatic carbocycles. The number of carbonyl (C=O) groups is 5. The van der Waals surface area contributed by atoms with Crippen LogP contribution in [-0.2, 0) is 25.6 Å². The van der Waals surface area contributed by atoms with E-state index >= 15 is 0 Å². The maximum absolute atomic E-state index is 12.7. The van der Waals surface area contributed by atoms with Crippen LogP contribution in [0.4, 0.5) is 0 Å². The second-order valence-corrected chi connectivity index (χ2v) is 11.4. The number of hydrazone groups is 1. The van der Waals surface area contributed by atoms with Crippen molar-refractivity contribution in [3.8, 4) is 0 Å². The van der Waals surface area contributed by atoms with E-state index in [4.69, 9.17) is 15.2 Å². The Kier molecular flexibility index (Phi) is 15.9. The Labute approximate surface area is 275 Å². The largest absolute Gasteiger partial charge is 0.462 e. The van der Waals surface area contributed by atoms with Crippen molar-refractivity contribution in [3.05, 3.63) is 70.8 Å². The maximum atomic E-state index is 12.7. The van der Waals surface area contributed by atoms with Crippen molar-refractivity contribution < 1.29 is 33.4 Å². The minimum absolute atomic E-state index is 0.0256. The van der Waals surface area contributed by atoms with E-state index in [2.05, 4.69) is 26.1 Å². The lowest BCUT2D eigenvalue weighted by atomic mass is 9.95. The molecule has 0 aliphatic rings. The number of nitrogens with two attached hydrogens (primary N) is 1. The van der Waals surface area contributed by atoms with E-state index in [-0.39, 0.29) is 62.1 Å². The molecule has 3 amide bonds. The molecular formula is C34H46N6O7. The third-order valence-corrected chi connectivity index (χ3v) is 7.52. The van der Waals surface area contributed by atoms with Gasteiger partial charge >= 0.3 is 11.9 Å². The minimum Gasteiger partial charge on any atom is -0.462 e. The van der Waals surface area contributed by atoms with Gasteiger partial charge in [-0.3, -0.25) is 24.0 Å². The van der Waals surface area contributed by atoms with Crippen LogP contribution in [0.1, 0.15) is 110 Å². The zero-order valence-corrected chi connectivity index (χ0v) is 27.8. The van der Waals surface area contributed by atoms with Gasteiger partial charge in [-0.25, -0.2) is 5.43 Å². The molecule has 1 atom stereocenters. The number of primary amides is 1. The molecule has 254 valence electrons. The number of nitrogens with zero attached hydrogens (tertiary/aromatic N) is 3. The zero-order valence-electron chi connectivity index (χ0n) is 27.8. The molecule has 0 aliphatic heterocycles. The topological polar surface area (TPSA) is 191 Å². The van der Waals surface area contributed by atoms with E-state index in [1.165, 1.54) is 6.07 Å². The summed E-state index contributed by atoms with van der Waals surface area (Å²) in [4.78, 5) is 60.7. The van der Waals surface area contributed by atoms with Crippen molar-refractivity contribution in [2.24, 2.45) is 21.1 Å². The van der Waals surface area contributed by atoms with Gasteiger partial charge in [-0.1, -0.05) is 32.0 Å². The molecule has 13 heteroatoms. The molecule has 0 saturated carbocycles. The summed E-state index contributed by atoms with van der Waals surface area (Å²) in [5, 5.41) is 15.3. The standard InChI is InChI=1S/C34H46N6O7/c1-6-34(5,7-2)37-32(44)27-12-9-13-28(21-27)33(45)40-39-24(4)15-17-30(42)47-19-18-46-29(41)16-14-23(3)38-36-22-25-10-8-11-26(20-25)31(35)43/h8-13,20-21,23H,6-7,14-19,22H2,1-5H3,(H2,35,43)(H,37,44)(H,40,45). The first kappa shape index (κ1) is 38.2. The summed E-state index contributed by atoms with van der Waals surface area (Å²) >= 11 is 0. The van der Waals surface area contributed by atoms with Crippen molar-refractivity contribution in [2.45, 2.75) is 91.3 Å². The van der Waals surface area contributed by atoms with Crippen molar-refractivity contribution in [3.63, 3.8) is 0 Å². The lowest BCUT2D eigenvalue weighted by Crippen LogP contribution is -2.45. The molecule has 0 spiro atoms. The van der Waals surface area contributed by atoms with Gasteiger partial charge in [-0.05, 0) is 82.3 Å². The Morgan fingerprint density at radius 1 is 0.851 bits per heavy atom. The third-order valence-electron chi connectivity index (χ3n) is 7.52. The molecule has 2 rings (SSSR count). The minimum atomic E-state index is -0.511. The third kappa shape index (κ3) is 14.4. The van der Waals surface area contributed by atoms with Crippen molar-refractivity contribution >= 4 is 35.4 Å². The van der Waals surface area contributed by atoms with E-state index in [0.29, 0.717) is 23.3 Å².